The predicted molar refractivity (Wildman–Crippen MR) is 146 cm³/mol. The van der Waals surface area contributed by atoms with E-state index in [1.807, 2.05) is 6.07 Å². The van der Waals surface area contributed by atoms with Crippen LogP contribution in [0.5, 0.6) is 0 Å². The highest BCUT2D eigenvalue weighted by molar-refractivity contribution is 9.10. The summed E-state index contributed by atoms with van der Waals surface area (Å²) in [5.74, 6) is -0.0190. The van der Waals surface area contributed by atoms with Crippen LogP contribution in [-0.2, 0) is 16.1 Å². The number of imidazole rings is 1. The van der Waals surface area contributed by atoms with E-state index < -0.39 is 17.6 Å². The molecule has 1 aliphatic rings. The molecule has 0 radical (unpaired) electrons. The maximum absolute atomic E-state index is 13.2. The smallest absolute Gasteiger partial charge is 0.410 e. The lowest BCUT2D eigenvalue weighted by molar-refractivity contribution is 0.0267. The molecule has 4 rings (SSSR count). The van der Waals surface area contributed by atoms with Gasteiger partial charge in [-0.05, 0) is 57.7 Å². The van der Waals surface area contributed by atoms with Crippen molar-refractivity contribution in [2.24, 2.45) is 5.92 Å². The van der Waals surface area contributed by atoms with Crippen LogP contribution in [0.1, 0.15) is 49.7 Å². The summed E-state index contributed by atoms with van der Waals surface area (Å²) < 4.78 is 7.93. The van der Waals surface area contributed by atoms with Gasteiger partial charge in [-0.3, -0.25) is 9.63 Å². The van der Waals surface area contributed by atoms with Crippen LogP contribution in [0.15, 0.2) is 35.1 Å². The topological polar surface area (TPSA) is 97.2 Å². The molecule has 2 aromatic heterocycles. The number of amides is 2. The minimum absolute atomic E-state index is 0.178. The van der Waals surface area contributed by atoms with Gasteiger partial charge in [0.1, 0.15) is 10.6 Å². The molecule has 1 aliphatic carbocycles. The molecule has 0 spiro atoms. The van der Waals surface area contributed by atoms with Crippen molar-refractivity contribution in [2.75, 3.05) is 19.0 Å². The molecule has 9 nitrogen and oxygen atoms in total. The first-order chi connectivity index (χ1) is 17.4. The monoisotopic (exact) mass is 611 g/mol. The van der Waals surface area contributed by atoms with Crippen molar-refractivity contribution in [3.05, 3.63) is 56.4 Å². The molecule has 1 saturated carbocycles. The average molecular weight is 613 g/mol. The molecule has 37 heavy (non-hydrogen) atoms. The Morgan fingerprint density at radius 2 is 2.00 bits per heavy atom. The van der Waals surface area contributed by atoms with Gasteiger partial charge in [-0.15, -0.1) is 0 Å². The molecular weight excluding hydrogens is 585 g/mol. The average Bonchev–Trinajstić information content (AvgIpc) is 3.54. The van der Waals surface area contributed by atoms with E-state index in [4.69, 9.17) is 32.8 Å². The predicted octanol–water partition coefficient (Wildman–Crippen LogP) is 6.59. The first kappa shape index (κ1) is 27.5. The fraction of sp³-hybridized carbons (Fsp3) is 0.400. The summed E-state index contributed by atoms with van der Waals surface area (Å²) in [6.45, 7) is 6.02. The molecule has 12 heteroatoms. The Hall–Kier alpha value is -2.53. The number of carbonyl (C=O) groups is 2. The number of pyridine rings is 1. The van der Waals surface area contributed by atoms with E-state index in [0.717, 1.165) is 17.3 Å². The summed E-state index contributed by atoms with van der Waals surface area (Å²) in [7, 11) is 1.62. The molecule has 198 valence electrons. The minimum atomic E-state index is -0.630. The lowest BCUT2D eigenvalue weighted by Crippen LogP contribution is -2.34. The summed E-state index contributed by atoms with van der Waals surface area (Å²) in [6, 6.07) is 5.32. The van der Waals surface area contributed by atoms with Crippen molar-refractivity contribution in [3.63, 3.8) is 0 Å². The number of anilines is 2. The van der Waals surface area contributed by atoms with Gasteiger partial charge in [-0.1, -0.05) is 39.1 Å². The van der Waals surface area contributed by atoms with Crippen LogP contribution in [0.25, 0.3) is 5.65 Å². The highest BCUT2D eigenvalue weighted by atomic mass is 79.9. The Balaban J connectivity index is 1.69. The van der Waals surface area contributed by atoms with Gasteiger partial charge in [0.05, 0.1) is 47.0 Å². The second kappa shape index (κ2) is 11.1. The molecule has 1 fully saturated rings. The summed E-state index contributed by atoms with van der Waals surface area (Å²) in [6.07, 6.45) is 4.91. The number of nitrogens with zero attached hydrogens (tertiary/aromatic N) is 3. The van der Waals surface area contributed by atoms with Gasteiger partial charge in [-0.25, -0.2) is 15.3 Å². The third kappa shape index (κ3) is 6.87. The Bertz CT molecular complexity index is 1340. The van der Waals surface area contributed by atoms with E-state index in [1.54, 1.807) is 56.7 Å². The molecule has 0 aliphatic heterocycles. The van der Waals surface area contributed by atoms with Gasteiger partial charge in [0.15, 0.2) is 5.65 Å². The van der Waals surface area contributed by atoms with Crippen LogP contribution in [0.4, 0.5) is 16.2 Å². The first-order valence-electron chi connectivity index (χ1n) is 11.7. The second-order valence-corrected chi connectivity index (χ2v) is 11.6. The van der Waals surface area contributed by atoms with E-state index >= 15 is 0 Å². The molecule has 0 bridgehead atoms. The van der Waals surface area contributed by atoms with Crippen LogP contribution in [-0.4, -0.2) is 45.5 Å². The van der Waals surface area contributed by atoms with Crippen LogP contribution < -0.4 is 10.8 Å². The maximum Gasteiger partial charge on any atom is 0.410 e. The van der Waals surface area contributed by atoms with Gasteiger partial charge in [0.25, 0.3) is 5.91 Å². The largest absolute Gasteiger partial charge is 0.444 e. The normalized spacial score (nSPS) is 13.5. The Labute approximate surface area is 233 Å². The fourth-order valence-corrected chi connectivity index (χ4v) is 4.48. The number of carbonyl (C=O) groups excluding carboxylic acids is 2. The molecule has 0 unspecified atom stereocenters. The maximum atomic E-state index is 13.2. The second-order valence-electron chi connectivity index (χ2n) is 9.95. The highest BCUT2D eigenvalue weighted by Crippen LogP contribution is 2.36. The minimum Gasteiger partial charge on any atom is -0.444 e. The molecule has 1 aromatic carbocycles. The number of aromatic nitrogens is 2. The van der Waals surface area contributed by atoms with Gasteiger partial charge in [-0.2, -0.15) is 0 Å². The molecular formula is C25H28BrCl2N5O4. The van der Waals surface area contributed by atoms with E-state index in [0.29, 0.717) is 40.3 Å². The van der Waals surface area contributed by atoms with Crippen molar-refractivity contribution >= 4 is 68.2 Å². The van der Waals surface area contributed by atoms with E-state index in [9.17, 15) is 9.59 Å². The summed E-state index contributed by atoms with van der Waals surface area (Å²) >= 11 is 16.6. The number of nitrogens with one attached hydrogen (secondary N) is 2. The Kier molecular flexibility index (Phi) is 8.23. The number of hydrogen-bond donors (Lipinski definition) is 2. The van der Waals surface area contributed by atoms with Gasteiger partial charge in [0, 0.05) is 17.7 Å². The Morgan fingerprint density at radius 1 is 1.27 bits per heavy atom. The molecule has 0 atom stereocenters. The molecule has 2 N–H and O–H groups in total. The third-order valence-corrected chi connectivity index (χ3v) is 6.70. The molecule has 2 heterocycles. The van der Waals surface area contributed by atoms with Gasteiger partial charge < -0.3 is 19.4 Å². The summed E-state index contributed by atoms with van der Waals surface area (Å²) in [5.41, 5.74) is 4.01. The van der Waals surface area contributed by atoms with E-state index in [-0.39, 0.29) is 17.1 Å². The van der Waals surface area contributed by atoms with E-state index in [2.05, 4.69) is 31.7 Å². The zero-order valence-corrected chi connectivity index (χ0v) is 24.0. The summed E-state index contributed by atoms with van der Waals surface area (Å²) in [4.78, 5) is 37.0. The van der Waals surface area contributed by atoms with Crippen molar-refractivity contribution < 1.29 is 19.2 Å². The number of fused-ring (bicyclic) bond motifs is 1. The quantitative estimate of drug-likeness (QED) is 0.279. The van der Waals surface area contributed by atoms with Crippen LogP contribution in [0.2, 0.25) is 10.0 Å². The SMILES string of the molecule is CN(Cc1cnc2c(Cl)c(Nc3ccc(Br)cc3Cl)c(C(=O)NOCC3CC3)cn12)C(=O)OC(C)(C)C. The standard InChI is InChI=1S/C25H28BrCl2N5O4/c1-25(2,3)37-24(35)32(4)11-16-10-29-22-20(28)21(30-19-8-7-15(26)9-18(19)27)17(12-33(16)22)23(34)31-36-13-14-5-6-14/h7-10,12,14,30H,5-6,11,13H2,1-4H3,(H,31,34). The zero-order chi connectivity index (χ0) is 26.9. The van der Waals surface area contributed by atoms with Gasteiger partial charge >= 0.3 is 6.09 Å². The van der Waals surface area contributed by atoms with Gasteiger partial charge in [0.2, 0.25) is 0 Å². The number of halogens is 3. The van der Waals surface area contributed by atoms with Crippen LogP contribution in [0.3, 0.4) is 0 Å². The number of rotatable bonds is 8. The van der Waals surface area contributed by atoms with Crippen molar-refractivity contribution in [2.45, 2.75) is 45.8 Å². The number of hydroxylamine groups is 1. The van der Waals surface area contributed by atoms with Crippen LogP contribution >= 0.6 is 39.1 Å². The van der Waals surface area contributed by atoms with Crippen molar-refractivity contribution in [1.29, 1.82) is 0 Å². The van der Waals surface area contributed by atoms with Crippen molar-refractivity contribution in [1.82, 2.24) is 19.8 Å². The number of hydrogen-bond acceptors (Lipinski definition) is 6. The lowest BCUT2D eigenvalue weighted by atomic mass is 10.2. The number of ether oxygens (including phenoxy) is 1. The third-order valence-electron chi connectivity index (χ3n) is 5.54. The molecule has 3 aromatic rings. The number of benzene rings is 1. The lowest BCUT2D eigenvalue weighted by Gasteiger charge is -2.24. The van der Waals surface area contributed by atoms with Crippen molar-refractivity contribution in [3.8, 4) is 0 Å². The zero-order valence-electron chi connectivity index (χ0n) is 20.9. The summed E-state index contributed by atoms with van der Waals surface area (Å²) in [5, 5.41) is 3.82. The molecule has 0 saturated heterocycles. The first-order valence-corrected chi connectivity index (χ1v) is 13.2. The Morgan fingerprint density at radius 3 is 2.65 bits per heavy atom. The molecule has 2 amide bonds. The fourth-order valence-electron chi connectivity index (χ4n) is 3.48. The van der Waals surface area contributed by atoms with Crippen LogP contribution in [0, 0.1) is 5.92 Å². The highest BCUT2D eigenvalue weighted by Gasteiger charge is 2.25. The van der Waals surface area contributed by atoms with E-state index in [1.165, 1.54) is 4.90 Å².